The number of aliphatic hydroxyl groups is 2. The Kier molecular flexibility index (Phi) is 6.16. The van der Waals surface area contributed by atoms with E-state index in [-0.39, 0.29) is 30.1 Å². The third-order valence-corrected chi connectivity index (χ3v) is 11.2. The molecule has 4 aliphatic carbocycles. The molecule has 0 radical (unpaired) electrons. The van der Waals surface area contributed by atoms with Gasteiger partial charge in [0.15, 0.2) is 5.60 Å². The number of rotatable bonds is 3. The highest BCUT2D eigenvalue weighted by molar-refractivity contribution is 5.24. The lowest BCUT2D eigenvalue weighted by molar-refractivity contribution is -0.282. The first-order valence-electron chi connectivity index (χ1n) is 13.5. The second-order valence-electron chi connectivity index (χ2n) is 12.7. The Hall–Kier alpha value is -1.07. The minimum atomic E-state index is -4.52. The van der Waals surface area contributed by atoms with Crippen LogP contribution in [0.1, 0.15) is 88.9 Å². The lowest BCUT2D eigenvalue weighted by Gasteiger charge is -2.57. The van der Waals surface area contributed by atoms with Gasteiger partial charge in [-0.05, 0) is 117 Å². The third-order valence-electron chi connectivity index (χ3n) is 11.2. The van der Waals surface area contributed by atoms with Crippen LogP contribution in [-0.2, 0) is 0 Å². The van der Waals surface area contributed by atoms with Gasteiger partial charge in [0.1, 0.15) is 0 Å². The molecule has 0 saturated heterocycles. The normalized spacial score (nSPS) is 44.0. The van der Waals surface area contributed by atoms with E-state index in [0.717, 1.165) is 37.7 Å². The summed E-state index contributed by atoms with van der Waals surface area (Å²) in [5, 5.41) is 21.6. The monoisotopic (exact) mass is 478 g/mol. The van der Waals surface area contributed by atoms with Crippen LogP contribution in [0.2, 0.25) is 0 Å². The van der Waals surface area contributed by atoms with Gasteiger partial charge in [-0.15, -0.1) is 0 Å². The molecule has 0 unspecified atom stereocenters. The first-order valence-corrected chi connectivity index (χ1v) is 13.5. The molecule has 0 aliphatic heterocycles. The molecule has 5 heteroatoms. The van der Waals surface area contributed by atoms with Crippen molar-refractivity contribution in [3.63, 3.8) is 0 Å². The topological polar surface area (TPSA) is 40.5 Å². The first-order chi connectivity index (χ1) is 15.9. The number of benzene rings is 1. The Labute approximate surface area is 202 Å². The van der Waals surface area contributed by atoms with Gasteiger partial charge in [-0.25, -0.2) is 0 Å². The van der Waals surface area contributed by atoms with Crippen LogP contribution in [0.3, 0.4) is 0 Å². The van der Waals surface area contributed by atoms with Crippen molar-refractivity contribution >= 4 is 0 Å². The van der Waals surface area contributed by atoms with E-state index in [0.29, 0.717) is 36.0 Å². The molecule has 0 amide bonds. The number of alkyl halides is 3. The van der Waals surface area contributed by atoms with E-state index in [1.165, 1.54) is 12.0 Å². The minimum Gasteiger partial charge on any atom is -0.388 e. The standard InChI is InChI=1S/C29H41F3O2/c1-17-4-6-19(7-5-17)26(33)18(2)24-10-11-25-23-9-8-20-16-28(34,29(30,31)32)15-13-21(20)22(23)12-14-27(24,25)3/h4-7,18,20-26,33-34H,8-16H2,1-3H3/t18-,20+,21-,22+,23+,24+,25-,26-,27+,28+/m0/s1. The molecular weight excluding hydrogens is 437 g/mol. The van der Waals surface area contributed by atoms with Crippen LogP contribution in [0.15, 0.2) is 24.3 Å². The molecule has 1 aromatic carbocycles. The van der Waals surface area contributed by atoms with Gasteiger partial charge in [0, 0.05) is 0 Å². The highest BCUT2D eigenvalue weighted by Crippen LogP contribution is 2.66. The highest BCUT2D eigenvalue weighted by atomic mass is 19.4. The maximum absolute atomic E-state index is 13.5. The van der Waals surface area contributed by atoms with Gasteiger partial charge < -0.3 is 10.2 Å². The summed E-state index contributed by atoms with van der Waals surface area (Å²) in [6, 6.07) is 8.24. The van der Waals surface area contributed by atoms with Gasteiger partial charge in [-0.3, -0.25) is 0 Å². The van der Waals surface area contributed by atoms with E-state index in [4.69, 9.17) is 0 Å². The fraction of sp³-hybridized carbons (Fsp3) is 0.793. The second-order valence-corrected chi connectivity index (χ2v) is 12.7. The first kappa shape index (κ1) is 24.6. The quantitative estimate of drug-likeness (QED) is 0.481. The molecule has 0 bridgehead atoms. The molecule has 0 heterocycles. The van der Waals surface area contributed by atoms with Gasteiger partial charge >= 0.3 is 6.18 Å². The molecular formula is C29H41F3O2. The summed E-state index contributed by atoms with van der Waals surface area (Å²) in [4.78, 5) is 0. The molecule has 4 fully saturated rings. The zero-order valence-electron chi connectivity index (χ0n) is 20.8. The fourth-order valence-electron chi connectivity index (χ4n) is 9.33. The SMILES string of the molecule is Cc1ccc([C@@H](O)[C@@H](C)[C@H]2CC[C@H]3[C@@H]4CC[C@@H]5C[C@@](O)(C(F)(F)F)CC[C@@H]5[C@H]4CC[C@]23C)cc1. The van der Waals surface area contributed by atoms with Crippen molar-refractivity contribution in [1.29, 1.82) is 0 Å². The van der Waals surface area contributed by atoms with Crippen molar-refractivity contribution in [1.82, 2.24) is 0 Å². The molecule has 0 aromatic heterocycles. The van der Waals surface area contributed by atoms with Crippen LogP contribution in [0, 0.1) is 53.8 Å². The minimum absolute atomic E-state index is 0.00506. The Morgan fingerprint density at radius 1 is 0.912 bits per heavy atom. The van der Waals surface area contributed by atoms with Crippen molar-refractivity contribution < 1.29 is 23.4 Å². The summed E-state index contributed by atoms with van der Waals surface area (Å²) in [5.74, 6) is 2.69. The van der Waals surface area contributed by atoms with Crippen molar-refractivity contribution in [2.24, 2.45) is 46.8 Å². The van der Waals surface area contributed by atoms with Gasteiger partial charge in [0.2, 0.25) is 0 Å². The maximum Gasteiger partial charge on any atom is 0.417 e. The summed E-state index contributed by atoms with van der Waals surface area (Å²) in [5.41, 5.74) is -0.0921. The molecule has 34 heavy (non-hydrogen) atoms. The van der Waals surface area contributed by atoms with Gasteiger partial charge in [-0.2, -0.15) is 13.2 Å². The number of aliphatic hydroxyl groups excluding tert-OH is 1. The molecule has 1 aromatic rings. The summed E-state index contributed by atoms with van der Waals surface area (Å²) in [7, 11) is 0. The van der Waals surface area contributed by atoms with Gasteiger partial charge in [0.05, 0.1) is 6.10 Å². The Bertz CT molecular complexity index is 882. The van der Waals surface area contributed by atoms with E-state index < -0.39 is 17.9 Å². The number of hydrogen-bond acceptors (Lipinski definition) is 2. The van der Waals surface area contributed by atoms with Gasteiger partial charge in [-0.1, -0.05) is 43.7 Å². The second kappa shape index (κ2) is 8.50. The van der Waals surface area contributed by atoms with E-state index in [2.05, 4.69) is 45.0 Å². The van der Waals surface area contributed by atoms with Crippen LogP contribution in [0.4, 0.5) is 13.2 Å². The van der Waals surface area contributed by atoms with E-state index in [1.807, 2.05) is 0 Å². The smallest absolute Gasteiger partial charge is 0.388 e. The van der Waals surface area contributed by atoms with Crippen LogP contribution in [0.5, 0.6) is 0 Å². The Balaban J connectivity index is 1.31. The molecule has 0 spiro atoms. The molecule has 190 valence electrons. The number of halogens is 3. The van der Waals surface area contributed by atoms with E-state index >= 15 is 0 Å². The van der Waals surface area contributed by atoms with Crippen molar-refractivity contribution in [2.45, 2.75) is 96.4 Å². The zero-order valence-corrected chi connectivity index (χ0v) is 20.8. The number of fused-ring (bicyclic) bond motifs is 5. The van der Waals surface area contributed by atoms with Gasteiger partial charge in [0.25, 0.3) is 0 Å². The summed E-state index contributed by atoms with van der Waals surface area (Å²) >= 11 is 0. The average Bonchev–Trinajstić information content (AvgIpc) is 3.14. The molecule has 2 nitrogen and oxygen atoms in total. The van der Waals surface area contributed by atoms with Crippen LogP contribution in [0.25, 0.3) is 0 Å². The average molecular weight is 479 g/mol. The van der Waals surface area contributed by atoms with Crippen molar-refractivity contribution in [2.75, 3.05) is 0 Å². The molecule has 4 aliphatic rings. The third kappa shape index (κ3) is 3.84. The van der Waals surface area contributed by atoms with E-state index in [9.17, 15) is 23.4 Å². The predicted molar refractivity (Wildman–Crippen MR) is 127 cm³/mol. The van der Waals surface area contributed by atoms with Crippen LogP contribution in [-0.4, -0.2) is 22.0 Å². The summed E-state index contributed by atoms with van der Waals surface area (Å²) in [6.45, 7) is 6.72. The highest BCUT2D eigenvalue weighted by Gasteiger charge is 2.62. The largest absolute Gasteiger partial charge is 0.417 e. The summed E-state index contributed by atoms with van der Waals surface area (Å²) < 4.78 is 40.5. The molecule has 5 rings (SSSR count). The lowest BCUT2D eigenvalue weighted by atomic mass is 9.48. The number of hydrogen-bond donors (Lipinski definition) is 2. The molecule has 2 N–H and O–H groups in total. The maximum atomic E-state index is 13.5. The van der Waals surface area contributed by atoms with Crippen LogP contribution >= 0.6 is 0 Å². The number of aryl methyl sites for hydroxylation is 1. The summed E-state index contributed by atoms with van der Waals surface area (Å²) in [6.07, 6.45) is 1.63. The molecule has 10 atom stereocenters. The predicted octanol–water partition coefficient (Wildman–Crippen LogP) is 7.23. The Morgan fingerprint density at radius 2 is 1.59 bits per heavy atom. The van der Waals surface area contributed by atoms with E-state index in [1.54, 1.807) is 0 Å². The zero-order chi connectivity index (χ0) is 24.5. The fourth-order valence-corrected chi connectivity index (χ4v) is 9.33. The van der Waals surface area contributed by atoms with Crippen LogP contribution < -0.4 is 0 Å². The van der Waals surface area contributed by atoms with Crippen molar-refractivity contribution in [3.05, 3.63) is 35.4 Å². The van der Waals surface area contributed by atoms with Crippen molar-refractivity contribution in [3.8, 4) is 0 Å². The lowest BCUT2D eigenvalue weighted by Crippen LogP contribution is -2.55. The molecule has 4 saturated carbocycles. The Morgan fingerprint density at radius 3 is 2.26 bits per heavy atom.